The minimum Gasteiger partial charge on any atom is -0.266 e. The van der Waals surface area contributed by atoms with Crippen LogP contribution in [0, 0.1) is 6.92 Å². The molecule has 2 rings (SSSR count). The van der Waals surface area contributed by atoms with E-state index in [1.807, 2.05) is 30.9 Å². The lowest BCUT2D eigenvalue weighted by Crippen LogP contribution is -1.92. The summed E-state index contributed by atoms with van der Waals surface area (Å²) in [5.41, 5.74) is 2.15. The highest BCUT2D eigenvalue weighted by Gasteiger charge is 2.00. The summed E-state index contributed by atoms with van der Waals surface area (Å²) in [7, 11) is 1.93. The average molecular weight is 147 g/mol. The highest BCUT2D eigenvalue weighted by molar-refractivity contribution is 5.79. The summed E-state index contributed by atoms with van der Waals surface area (Å²) >= 11 is 0. The Morgan fingerprint density at radius 2 is 2.27 bits per heavy atom. The van der Waals surface area contributed by atoms with Crippen LogP contribution in [0.15, 0.2) is 18.5 Å². The number of fused-ring (bicyclic) bond motifs is 1. The minimum absolute atomic E-state index is 1.03. The molecule has 0 amide bonds. The van der Waals surface area contributed by atoms with Gasteiger partial charge in [0.25, 0.3) is 0 Å². The van der Waals surface area contributed by atoms with Gasteiger partial charge in [0.1, 0.15) is 0 Å². The summed E-state index contributed by atoms with van der Waals surface area (Å²) in [5, 5.41) is 5.29. The van der Waals surface area contributed by atoms with Gasteiger partial charge in [-0.15, -0.1) is 0 Å². The van der Waals surface area contributed by atoms with Gasteiger partial charge in [0.15, 0.2) is 0 Å². The van der Waals surface area contributed by atoms with Gasteiger partial charge in [0, 0.05) is 18.6 Å². The molecule has 0 unspecified atom stereocenters. The Hall–Kier alpha value is -1.38. The van der Waals surface area contributed by atoms with Crippen LogP contribution in [0.5, 0.6) is 0 Å². The molecule has 3 nitrogen and oxygen atoms in total. The molecule has 0 saturated heterocycles. The van der Waals surface area contributed by atoms with Gasteiger partial charge in [-0.3, -0.25) is 9.67 Å². The number of hydrogen-bond donors (Lipinski definition) is 0. The number of hydrogen-bond acceptors (Lipinski definition) is 2. The molecule has 0 atom stereocenters. The third kappa shape index (κ3) is 0.808. The van der Waals surface area contributed by atoms with Crippen molar-refractivity contribution >= 4 is 10.9 Å². The van der Waals surface area contributed by atoms with Crippen LogP contribution in [-0.2, 0) is 7.05 Å². The zero-order valence-corrected chi connectivity index (χ0v) is 6.57. The first-order chi connectivity index (χ1) is 5.29. The van der Waals surface area contributed by atoms with Crippen molar-refractivity contribution in [2.24, 2.45) is 7.05 Å². The molecule has 2 aromatic rings. The maximum Gasteiger partial charge on any atom is 0.0891 e. The molecule has 0 aromatic carbocycles. The van der Waals surface area contributed by atoms with Crippen LogP contribution in [0.4, 0.5) is 0 Å². The zero-order chi connectivity index (χ0) is 7.84. The predicted octanol–water partition coefficient (Wildman–Crippen LogP) is 1.28. The van der Waals surface area contributed by atoms with Gasteiger partial charge in [-0.25, -0.2) is 0 Å². The Balaban J connectivity index is 2.96. The van der Waals surface area contributed by atoms with Crippen molar-refractivity contribution in [1.82, 2.24) is 14.8 Å². The Morgan fingerprint density at radius 3 is 3.00 bits per heavy atom. The third-order valence-corrected chi connectivity index (χ3v) is 1.83. The molecule has 11 heavy (non-hydrogen) atoms. The van der Waals surface area contributed by atoms with Gasteiger partial charge >= 0.3 is 0 Å². The topological polar surface area (TPSA) is 30.7 Å². The predicted molar refractivity (Wildman–Crippen MR) is 43.2 cm³/mol. The Kier molecular flexibility index (Phi) is 1.18. The van der Waals surface area contributed by atoms with E-state index < -0.39 is 0 Å². The number of rotatable bonds is 0. The van der Waals surface area contributed by atoms with Gasteiger partial charge in [0.2, 0.25) is 0 Å². The normalized spacial score (nSPS) is 10.7. The molecule has 2 aromatic heterocycles. The lowest BCUT2D eigenvalue weighted by atomic mass is 10.3. The van der Waals surface area contributed by atoms with Gasteiger partial charge in [-0.05, 0) is 13.0 Å². The van der Waals surface area contributed by atoms with E-state index in [-0.39, 0.29) is 0 Å². The first-order valence-electron chi connectivity index (χ1n) is 3.52. The van der Waals surface area contributed by atoms with Crippen molar-refractivity contribution in [3.63, 3.8) is 0 Å². The summed E-state index contributed by atoms with van der Waals surface area (Å²) in [4.78, 5) is 4.18. The van der Waals surface area contributed by atoms with Crippen LogP contribution in [0.3, 0.4) is 0 Å². The van der Waals surface area contributed by atoms with Gasteiger partial charge in [0.05, 0.1) is 17.4 Å². The van der Waals surface area contributed by atoms with Crippen molar-refractivity contribution in [3.8, 4) is 0 Å². The Morgan fingerprint density at radius 1 is 1.45 bits per heavy atom. The summed E-state index contributed by atoms with van der Waals surface area (Å²) in [5.74, 6) is 0. The number of aryl methyl sites for hydroxylation is 2. The fourth-order valence-corrected chi connectivity index (χ4v) is 1.31. The Labute approximate surface area is 64.7 Å². The smallest absolute Gasteiger partial charge is 0.0891 e. The van der Waals surface area contributed by atoms with Crippen LogP contribution in [0.1, 0.15) is 5.69 Å². The number of nitrogens with zero attached hydrogens (tertiary/aromatic N) is 3. The van der Waals surface area contributed by atoms with E-state index in [4.69, 9.17) is 0 Å². The lowest BCUT2D eigenvalue weighted by Gasteiger charge is -1.96. The maximum atomic E-state index is 4.18. The number of pyridine rings is 1. The summed E-state index contributed by atoms with van der Waals surface area (Å²) in [6.45, 7) is 1.99. The lowest BCUT2D eigenvalue weighted by molar-refractivity contribution is 0.792. The minimum atomic E-state index is 1.03. The van der Waals surface area contributed by atoms with Crippen LogP contribution < -0.4 is 0 Å². The van der Waals surface area contributed by atoms with E-state index in [1.54, 1.807) is 6.20 Å². The first kappa shape index (κ1) is 6.34. The molecular weight excluding hydrogens is 138 g/mol. The van der Waals surface area contributed by atoms with Gasteiger partial charge < -0.3 is 0 Å². The SMILES string of the molecule is Cc1nccc2cnn(C)c12. The quantitative estimate of drug-likeness (QED) is 0.562. The highest BCUT2D eigenvalue weighted by atomic mass is 15.3. The van der Waals surface area contributed by atoms with E-state index in [0.717, 1.165) is 16.6 Å². The van der Waals surface area contributed by atoms with Gasteiger partial charge in [-0.1, -0.05) is 0 Å². The standard InChI is InChI=1S/C8H9N3/c1-6-8-7(3-4-9-6)5-10-11(8)2/h3-5H,1-2H3. The maximum absolute atomic E-state index is 4.18. The second kappa shape index (κ2) is 2.05. The molecule has 56 valence electrons. The first-order valence-corrected chi connectivity index (χ1v) is 3.52. The molecule has 2 heterocycles. The molecule has 0 spiro atoms. The average Bonchev–Trinajstić information content (AvgIpc) is 2.34. The fourth-order valence-electron chi connectivity index (χ4n) is 1.31. The van der Waals surface area contributed by atoms with E-state index in [1.165, 1.54) is 0 Å². The van der Waals surface area contributed by atoms with Crippen LogP contribution >= 0.6 is 0 Å². The molecule has 0 fully saturated rings. The second-order valence-electron chi connectivity index (χ2n) is 2.60. The molecule has 0 radical (unpaired) electrons. The summed E-state index contributed by atoms with van der Waals surface area (Å²) in [6.07, 6.45) is 3.66. The van der Waals surface area contributed by atoms with Crippen LogP contribution in [0.2, 0.25) is 0 Å². The molecule has 0 saturated carbocycles. The largest absolute Gasteiger partial charge is 0.266 e. The molecule has 0 N–H and O–H groups in total. The molecular formula is C8H9N3. The monoisotopic (exact) mass is 147 g/mol. The van der Waals surface area contributed by atoms with E-state index in [0.29, 0.717) is 0 Å². The van der Waals surface area contributed by atoms with Crippen molar-refractivity contribution in [2.75, 3.05) is 0 Å². The van der Waals surface area contributed by atoms with E-state index in [9.17, 15) is 0 Å². The highest BCUT2D eigenvalue weighted by Crippen LogP contribution is 2.13. The molecule has 0 aliphatic carbocycles. The molecule has 3 heteroatoms. The van der Waals surface area contributed by atoms with E-state index in [2.05, 4.69) is 10.1 Å². The molecule has 0 aliphatic rings. The fraction of sp³-hybridized carbons (Fsp3) is 0.250. The third-order valence-electron chi connectivity index (χ3n) is 1.83. The summed E-state index contributed by atoms with van der Waals surface area (Å²) in [6, 6.07) is 1.97. The van der Waals surface area contributed by atoms with Crippen LogP contribution in [-0.4, -0.2) is 14.8 Å². The zero-order valence-electron chi connectivity index (χ0n) is 6.57. The van der Waals surface area contributed by atoms with Crippen molar-refractivity contribution in [1.29, 1.82) is 0 Å². The molecule has 0 bridgehead atoms. The van der Waals surface area contributed by atoms with Crippen molar-refractivity contribution in [2.45, 2.75) is 6.92 Å². The van der Waals surface area contributed by atoms with Crippen LogP contribution in [0.25, 0.3) is 10.9 Å². The molecule has 0 aliphatic heterocycles. The van der Waals surface area contributed by atoms with Gasteiger partial charge in [-0.2, -0.15) is 5.10 Å². The van der Waals surface area contributed by atoms with Crippen molar-refractivity contribution in [3.05, 3.63) is 24.2 Å². The number of aromatic nitrogens is 3. The van der Waals surface area contributed by atoms with E-state index >= 15 is 0 Å². The summed E-state index contributed by atoms with van der Waals surface area (Å²) < 4.78 is 1.84. The van der Waals surface area contributed by atoms with Crippen molar-refractivity contribution < 1.29 is 0 Å². The second-order valence-corrected chi connectivity index (χ2v) is 2.60. The Bertz CT molecular complexity index is 389.